The summed E-state index contributed by atoms with van der Waals surface area (Å²) in [6, 6.07) is 0.379. The van der Waals surface area contributed by atoms with Crippen LogP contribution >= 0.6 is 11.6 Å². The lowest BCUT2D eigenvalue weighted by Gasteiger charge is -2.14. The first-order chi connectivity index (χ1) is 7.15. The normalized spacial score (nSPS) is 17.5. The standard InChI is InChI=1S/C10H15ClN4/c1-6(4-7-2-3-7)14-9-8(11)5-13-10(12)15-9/h5-7H,2-4H2,1H3,(H3,12,13,14,15). The first-order valence-corrected chi connectivity index (χ1v) is 5.57. The molecule has 0 radical (unpaired) electrons. The zero-order valence-electron chi connectivity index (χ0n) is 8.70. The van der Waals surface area contributed by atoms with E-state index in [1.165, 1.54) is 25.5 Å². The summed E-state index contributed by atoms with van der Waals surface area (Å²) in [6.07, 6.45) is 5.40. The SMILES string of the molecule is CC(CC1CC1)Nc1nc(N)ncc1Cl. The van der Waals surface area contributed by atoms with Gasteiger partial charge in [0.15, 0.2) is 5.82 Å². The van der Waals surface area contributed by atoms with Crippen LogP contribution < -0.4 is 11.1 Å². The first-order valence-electron chi connectivity index (χ1n) is 5.19. The van der Waals surface area contributed by atoms with Gasteiger partial charge in [-0.15, -0.1) is 0 Å². The molecule has 4 nitrogen and oxygen atoms in total. The van der Waals surface area contributed by atoms with Gasteiger partial charge in [-0.25, -0.2) is 4.98 Å². The molecule has 1 aliphatic carbocycles. The van der Waals surface area contributed by atoms with E-state index >= 15 is 0 Å². The van der Waals surface area contributed by atoms with E-state index in [-0.39, 0.29) is 5.95 Å². The van der Waals surface area contributed by atoms with Crippen LogP contribution in [0, 0.1) is 5.92 Å². The smallest absolute Gasteiger partial charge is 0.222 e. The van der Waals surface area contributed by atoms with E-state index in [9.17, 15) is 0 Å². The molecule has 0 aliphatic heterocycles. The number of anilines is 2. The third kappa shape index (κ3) is 2.96. The van der Waals surface area contributed by atoms with Gasteiger partial charge in [-0.2, -0.15) is 4.98 Å². The van der Waals surface area contributed by atoms with E-state index in [0.29, 0.717) is 16.9 Å². The summed E-state index contributed by atoms with van der Waals surface area (Å²) in [5.74, 6) is 1.77. The highest BCUT2D eigenvalue weighted by Gasteiger charge is 2.23. The monoisotopic (exact) mass is 226 g/mol. The molecule has 1 fully saturated rings. The van der Waals surface area contributed by atoms with Crippen molar-refractivity contribution in [1.82, 2.24) is 9.97 Å². The molecule has 1 saturated carbocycles. The van der Waals surface area contributed by atoms with Gasteiger partial charge in [-0.05, 0) is 19.3 Å². The van der Waals surface area contributed by atoms with Crippen LogP contribution in [0.4, 0.5) is 11.8 Å². The van der Waals surface area contributed by atoms with Crippen LogP contribution in [-0.4, -0.2) is 16.0 Å². The van der Waals surface area contributed by atoms with Gasteiger partial charge in [0, 0.05) is 6.04 Å². The van der Waals surface area contributed by atoms with Gasteiger partial charge in [0.1, 0.15) is 5.02 Å². The average molecular weight is 227 g/mol. The number of aromatic nitrogens is 2. The van der Waals surface area contributed by atoms with Crippen LogP contribution in [0.15, 0.2) is 6.20 Å². The van der Waals surface area contributed by atoms with Gasteiger partial charge in [0.25, 0.3) is 0 Å². The molecule has 15 heavy (non-hydrogen) atoms. The van der Waals surface area contributed by atoms with Crippen molar-refractivity contribution in [2.75, 3.05) is 11.1 Å². The molecule has 1 heterocycles. The third-order valence-electron chi connectivity index (χ3n) is 2.53. The maximum Gasteiger partial charge on any atom is 0.222 e. The van der Waals surface area contributed by atoms with Crippen molar-refractivity contribution in [3.05, 3.63) is 11.2 Å². The topological polar surface area (TPSA) is 63.8 Å². The number of nitrogens with one attached hydrogen (secondary N) is 1. The summed E-state index contributed by atoms with van der Waals surface area (Å²) in [5.41, 5.74) is 5.50. The Morgan fingerprint density at radius 3 is 3.07 bits per heavy atom. The van der Waals surface area contributed by atoms with E-state index < -0.39 is 0 Å². The van der Waals surface area contributed by atoms with Crippen molar-refractivity contribution in [2.24, 2.45) is 5.92 Å². The van der Waals surface area contributed by atoms with E-state index in [1.807, 2.05) is 0 Å². The van der Waals surface area contributed by atoms with Crippen LogP contribution in [0.1, 0.15) is 26.2 Å². The second kappa shape index (κ2) is 4.23. The molecule has 5 heteroatoms. The molecule has 1 aromatic heterocycles. The molecule has 0 bridgehead atoms. The predicted molar refractivity (Wildman–Crippen MR) is 61.9 cm³/mol. The fourth-order valence-corrected chi connectivity index (χ4v) is 1.77. The van der Waals surface area contributed by atoms with Gasteiger partial charge in [0.05, 0.1) is 6.20 Å². The quantitative estimate of drug-likeness (QED) is 0.827. The van der Waals surface area contributed by atoms with Crippen LogP contribution in [0.3, 0.4) is 0 Å². The average Bonchev–Trinajstić information content (AvgIpc) is 2.95. The largest absolute Gasteiger partial charge is 0.368 e. The molecule has 1 aromatic rings. The van der Waals surface area contributed by atoms with E-state index in [0.717, 1.165) is 5.92 Å². The number of halogens is 1. The molecular weight excluding hydrogens is 212 g/mol. The van der Waals surface area contributed by atoms with E-state index in [4.69, 9.17) is 17.3 Å². The Bertz CT molecular complexity index is 351. The molecule has 3 N–H and O–H groups in total. The number of nitrogen functional groups attached to an aromatic ring is 1. The molecule has 0 saturated heterocycles. The second-order valence-corrected chi connectivity index (χ2v) is 4.56. The molecule has 0 aromatic carbocycles. The molecule has 1 unspecified atom stereocenters. The van der Waals surface area contributed by atoms with Crippen molar-refractivity contribution in [3.8, 4) is 0 Å². The Hall–Kier alpha value is -1.03. The highest BCUT2D eigenvalue weighted by atomic mass is 35.5. The maximum absolute atomic E-state index is 5.95. The highest BCUT2D eigenvalue weighted by Crippen LogP contribution is 2.34. The number of hydrogen-bond acceptors (Lipinski definition) is 4. The van der Waals surface area contributed by atoms with Crippen molar-refractivity contribution in [2.45, 2.75) is 32.2 Å². The van der Waals surface area contributed by atoms with Gasteiger partial charge in [0.2, 0.25) is 5.95 Å². The fourth-order valence-electron chi connectivity index (χ4n) is 1.63. The Labute approximate surface area is 94.2 Å². The molecule has 82 valence electrons. The first kappa shape index (κ1) is 10.5. The summed E-state index contributed by atoms with van der Waals surface area (Å²) in [4.78, 5) is 7.88. The van der Waals surface area contributed by atoms with Crippen molar-refractivity contribution >= 4 is 23.4 Å². The summed E-state index contributed by atoms with van der Waals surface area (Å²) in [7, 11) is 0. The van der Waals surface area contributed by atoms with Gasteiger partial charge >= 0.3 is 0 Å². The lowest BCUT2D eigenvalue weighted by Crippen LogP contribution is -2.17. The van der Waals surface area contributed by atoms with Gasteiger partial charge in [-0.1, -0.05) is 24.4 Å². The molecule has 0 spiro atoms. The molecular formula is C10H15ClN4. The second-order valence-electron chi connectivity index (χ2n) is 4.15. The number of hydrogen-bond donors (Lipinski definition) is 2. The minimum atomic E-state index is 0.250. The van der Waals surface area contributed by atoms with Crippen LogP contribution in [-0.2, 0) is 0 Å². The van der Waals surface area contributed by atoms with Crippen molar-refractivity contribution in [1.29, 1.82) is 0 Å². The highest BCUT2D eigenvalue weighted by molar-refractivity contribution is 6.32. The fraction of sp³-hybridized carbons (Fsp3) is 0.600. The zero-order valence-corrected chi connectivity index (χ0v) is 9.46. The summed E-state index contributed by atoms with van der Waals surface area (Å²) in [5, 5.41) is 3.78. The minimum absolute atomic E-state index is 0.250. The lowest BCUT2D eigenvalue weighted by atomic mass is 10.1. The van der Waals surface area contributed by atoms with Crippen LogP contribution in [0.25, 0.3) is 0 Å². The Morgan fingerprint density at radius 1 is 1.67 bits per heavy atom. The van der Waals surface area contributed by atoms with Crippen LogP contribution in [0.5, 0.6) is 0 Å². The zero-order chi connectivity index (χ0) is 10.8. The molecule has 0 amide bonds. The lowest BCUT2D eigenvalue weighted by molar-refractivity contribution is 0.640. The maximum atomic E-state index is 5.95. The Balaban J connectivity index is 1.98. The molecule has 1 aliphatic rings. The van der Waals surface area contributed by atoms with Crippen LogP contribution in [0.2, 0.25) is 5.02 Å². The number of nitrogens with two attached hydrogens (primary N) is 1. The van der Waals surface area contributed by atoms with E-state index in [2.05, 4.69) is 22.2 Å². The summed E-state index contributed by atoms with van der Waals surface area (Å²) < 4.78 is 0. The number of rotatable bonds is 4. The molecule has 1 atom stereocenters. The summed E-state index contributed by atoms with van der Waals surface area (Å²) in [6.45, 7) is 2.13. The predicted octanol–water partition coefficient (Wildman–Crippen LogP) is 2.31. The Morgan fingerprint density at radius 2 is 2.40 bits per heavy atom. The van der Waals surface area contributed by atoms with Crippen molar-refractivity contribution in [3.63, 3.8) is 0 Å². The number of nitrogens with zero attached hydrogens (tertiary/aromatic N) is 2. The molecule has 2 rings (SSSR count). The van der Waals surface area contributed by atoms with Crippen molar-refractivity contribution < 1.29 is 0 Å². The Kier molecular flexibility index (Phi) is 2.95. The van der Waals surface area contributed by atoms with E-state index in [1.54, 1.807) is 0 Å². The van der Waals surface area contributed by atoms with Gasteiger partial charge in [-0.3, -0.25) is 0 Å². The third-order valence-corrected chi connectivity index (χ3v) is 2.81. The minimum Gasteiger partial charge on any atom is -0.368 e. The van der Waals surface area contributed by atoms with Gasteiger partial charge < -0.3 is 11.1 Å². The summed E-state index contributed by atoms with van der Waals surface area (Å²) >= 11 is 5.95.